The van der Waals surface area contributed by atoms with E-state index in [0.29, 0.717) is 0 Å². The third-order valence-electron chi connectivity index (χ3n) is 1.57. The number of hydrogen-bond acceptors (Lipinski definition) is 2. The maximum Gasteiger partial charge on any atom is 0.416 e. The summed E-state index contributed by atoms with van der Waals surface area (Å²) in [5.41, 5.74) is 4.93. The number of halogens is 4. The Bertz CT molecular complexity index is 299. The van der Waals surface area contributed by atoms with E-state index in [0.717, 1.165) is 18.3 Å². The highest BCUT2D eigenvalue weighted by Crippen LogP contribution is 2.29. The molecule has 0 aliphatic rings. The summed E-state index contributed by atoms with van der Waals surface area (Å²) >= 11 is 0. The topological polar surface area (TPSA) is 38.9 Å². The van der Waals surface area contributed by atoms with Crippen LogP contribution in [0.15, 0.2) is 18.3 Å². The molecular weight excluding hydrogens is 217 g/mol. The molecule has 0 bridgehead atoms. The summed E-state index contributed by atoms with van der Waals surface area (Å²) < 4.78 is 36.5. The fraction of sp³-hybridized carbons (Fsp3) is 0.375. The van der Waals surface area contributed by atoms with Crippen LogP contribution in [0.2, 0.25) is 0 Å². The van der Waals surface area contributed by atoms with Gasteiger partial charge in [-0.15, -0.1) is 12.4 Å². The van der Waals surface area contributed by atoms with Gasteiger partial charge < -0.3 is 5.73 Å². The van der Waals surface area contributed by atoms with Crippen molar-refractivity contribution >= 4 is 12.4 Å². The molecule has 0 fully saturated rings. The minimum Gasteiger partial charge on any atom is -0.323 e. The van der Waals surface area contributed by atoms with E-state index in [1.165, 1.54) is 0 Å². The molecule has 2 N–H and O–H groups in total. The molecule has 1 rings (SSSR count). The number of nitrogens with zero attached hydrogens (tertiary/aromatic N) is 1. The van der Waals surface area contributed by atoms with Crippen molar-refractivity contribution in [2.24, 2.45) is 5.73 Å². The highest BCUT2D eigenvalue weighted by Gasteiger charge is 2.30. The van der Waals surface area contributed by atoms with Crippen molar-refractivity contribution in [3.63, 3.8) is 0 Å². The van der Waals surface area contributed by atoms with Crippen molar-refractivity contribution in [1.82, 2.24) is 4.98 Å². The van der Waals surface area contributed by atoms with Crippen molar-refractivity contribution in [1.29, 1.82) is 0 Å². The van der Waals surface area contributed by atoms with Gasteiger partial charge in [0.2, 0.25) is 0 Å². The normalized spacial score (nSPS) is 13.2. The van der Waals surface area contributed by atoms with Gasteiger partial charge in [0.05, 0.1) is 11.3 Å². The zero-order valence-electron chi connectivity index (χ0n) is 7.38. The Kier molecular flexibility index (Phi) is 4.35. The van der Waals surface area contributed by atoms with E-state index in [-0.39, 0.29) is 18.1 Å². The van der Waals surface area contributed by atoms with Crippen molar-refractivity contribution in [2.75, 3.05) is 0 Å². The second kappa shape index (κ2) is 4.61. The van der Waals surface area contributed by atoms with Gasteiger partial charge in [0.1, 0.15) is 0 Å². The van der Waals surface area contributed by atoms with Crippen LogP contribution in [-0.2, 0) is 6.18 Å². The number of nitrogens with two attached hydrogens (primary N) is 1. The first-order valence-electron chi connectivity index (χ1n) is 3.70. The molecule has 0 aromatic carbocycles. The van der Waals surface area contributed by atoms with Crippen molar-refractivity contribution in [3.8, 4) is 0 Å². The number of alkyl halides is 3. The summed E-state index contributed by atoms with van der Waals surface area (Å²) in [7, 11) is 0. The fourth-order valence-corrected chi connectivity index (χ4v) is 0.874. The maximum atomic E-state index is 12.2. The van der Waals surface area contributed by atoms with Crippen LogP contribution in [0.3, 0.4) is 0 Å². The molecule has 0 radical (unpaired) electrons. The van der Waals surface area contributed by atoms with Gasteiger partial charge in [-0.1, -0.05) is 0 Å². The molecule has 1 aromatic heterocycles. The molecule has 0 unspecified atom stereocenters. The van der Waals surface area contributed by atoms with Gasteiger partial charge in [0.15, 0.2) is 0 Å². The van der Waals surface area contributed by atoms with Crippen molar-refractivity contribution in [3.05, 3.63) is 29.6 Å². The first-order valence-corrected chi connectivity index (χ1v) is 3.70. The van der Waals surface area contributed by atoms with Crippen molar-refractivity contribution in [2.45, 2.75) is 19.1 Å². The van der Waals surface area contributed by atoms with Gasteiger partial charge in [-0.2, -0.15) is 13.2 Å². The Labute approximate surface area is 85.7 Å². The molecule has 0 spiro atoms. The highest BCUT2D eigenvalue weighted by atomic mass is 35.5. The van der Waals surface area contributed by atoms with E-state index < -0.39 is 17.8 Å². The summed E-state index contributed by atoms with van der Waals surface area (Å²) in [6, 6.07) is 1.40. The fourth-order valence-electron chi connectivity index (χ4n) is 0.874. The highest BCUT2D eigenvalue weighted by molar-refractivity contribution is 5.85. The molecule has 0 aliphatic heterocycles. The van der Waals surface area contributed by atoms with E-state index in [1.54, 1.807) is 6.92 Å². The lowest BCUT2D eigenvalue weighted by molar-refractivity contribution is -0.137. The number of rotatable bonds is 1. The van der Waals surface area contributed by atoms with E-state index in [2.05, 4.69) is 4.98 Å². The van der Waals surface area contributed by atoms with Gasteiger partial charge in [-0.25, -0.2) is 0 Å². The number of pyridine rings is 1. The SMILES string of the molecule is C[C@H](N)c1cc(C(F)(F)F)ccn1.Cl. The third kappa shape index (κ3) is 3.16. The Hall–Kier alpha value is -0.810. The molecule has 0 saturated carbocycles. The van der Waals surface area contributed by atoms with Crippen LogP contribution >= 0.6 is 12.4 Å². The summed E-state index contributed by atoms with van der Waals surface area (Å²) in [4.78, 5) is 3.73. The molecule has 0 saturated heterocycles. The van der Waals surface area contributed by atoms with E-state index >= 15 is 0 Å². The standard InChI is InChI=1S/C8H9F3N2.ClH/c1-5(12)7-4-6(2-3-13-7)8(9,10)11;/h2-5H,12H2,1H3;1H/t5-;/m0./s1. The van der Waals surface area contributed by atoms with Crippen LogP contribution in [0.5, 0.6) is 0 Å². The number of hydrogen-bond donors (Lipinski definition) is 1. The lowest BCUT2D eigenvalue weighted by Gasteiger charge is -2.09. The quantitative estimate of drug-likeness (QED) is 0.799. The van der Waals surface area contributed by atoms with Crippen LogP contribution in [0.4, 0.5) is 13.2 Å². The predicted octanol–water partition coefficient (Wildman–Crippen LogP) is 2.54. The second-order valence-electron chi connectivity index (χ2n) is 2.76. The summed E-state index contributed by atoms with van der Waals surface area (Å²) in [5.74, 6) is 0. The summed E-state index contributed by atoms with van der Waals surface area (Å²) in [5, 5.41) is 0. The van der Waals surface area contributed by atoms with Gasteiger partial charge in [-0.05, 0) is 19.1 Å². The lowest BCUT2D eigenvalue weighted by atomic mass is 10.1. The molecule has 0 aliphatic carbocycles. The predicted molar refractivity (Wildman–Crippen MR) is 49.1 cm³/mol. The average Bonchev–Trinajstić information content (AvgIpc) is 2.03. The lowest BCUT2D eigenvalue weighted by Crippen LogP contribution is -2.11. The smallest absolute Gasteiger partial charge is 0.323 e. The molecule has 2 nitrogen and oxygen atoms in total. The molecule has 1 atom stereocenters. The Morgan fingerprint density at radius 1 is 1.43 bits per heavy atom. The largest absolute Gasteiger partial charge is 0.416 e. The zero-order chi connectivity index (χ0) is 10.1. The number of aromatic nitrogens is 1. The van der Waals surface area contributed by atoms with Crippen LogP contribution < -0.4 is 5.73 Å². The van der Waals surface area contributed by atoms with Gasteiger partial charge in [-0.3, -0.25) is 4.98 Å². The van der Waals surface area contributed by atoms with E-state index in [1.807, 2.05) is 0 Å². The molecule has 80 valence electrons. The van der Waals surface area contributed by atoms with Gasteiger partial charge >= 0.3 is 6.18 Å². The Morgan fingerprint density at radius 3 is 2.43 bits per heavy atom. The molecule has 1 aromatic rings. The van der Waals surface area contributed by atoms with Gasteiger partial charge in [0, 0.05) is 12.2 Å². The maximum absolute atomic E-state index is 12.2. The zero-order valence-corrected chi connectivity index (χ0v) is 8.19. The Balaban J connectivity index is 0.00000169. The molecule has 0 amide bonds. The van der Waals surface area contributed by atoms with Crippen LogP contribution in [0.25, 0.3) is 0 Å². The first-order chi connectivity index (χ1) is 5.91. The van der Waals surface area contributed by atoms with Crippen LogP contribution in [-0.4, -0.2) is 4.98 Å². The minimum absolute atomic E-state index is 0. The summed E-state index contributed by atoms with van der Waals surface area (Å²) in [6.07, 6.45) is -3.21. The Morgan fingerprint density at radius 2 is 2.00 bits per heavy atom. The molecule has 6 heteroatoms. The van der Waals surface area contributed by atoms with E-state index in [9.17, 15) is 13.2 Å². The van der Waals surface area contributed by atoms with E-state index in [4.69, 9.17) is 5.73 Å². The van der Waals surface area contributed by atoms with Crippen LogP contribution in [0.1, 0.15) is 24.2 Å². The monoisotopic (exact) mass is 226 g/mol. The second-order valence-corrected chi connectivity index (χ2v) is 2.76. The molecule has 14 heavy (non-hydrogen) atoms. The van der Waals surface area contributed by atoms with Gasteiger partial charge in [0.25, 0.3) is 0 Å². The average molecular weight is 227 g/mol. The summed E-state index contributed by atoms with van der Waals surface area (Å²) in [6.45, 7) is 1.59. The molecule has 1 heterocycles. The minimum atomic E-state index is -4.33. The van der Waals surface area contributed by atoms with Crippen LogP contribution in [0, 0.1) is 0 Å². The van der Waals surface area contributed by atoms with Crippen molar-refractivity contribution < 1.29 is 13.2 Å². The molecular formula is C8H10ClF3N2. The third-order valence-corrected chi connectivity index (χ3v) is 1.57. The first kappa shape index (κ1) is 13.2.